The maximum atomic E-state index is 11.9. The van der Waals surface area contributed by atoms with E-state index in [1.165, 1.54) is 5.56 Å². The minimum atomic E-state index is -0.245. The molecule has 128 valence electrons. The second-order valence-corrected chi connectivity index (χ2v) is 5.73. The second-order valence-electron chi connectivity index (χ2n) is 5.73. The molecule has 0 aliphatic heterocycles. The van der Waals surface area contributed by atoms with E-state index in [1.54, 1.807) is 13.2 Å². The lowest BCUT2D eigenvalue weighted by Gasteiger charge is -2.27. The summed E-state index contributed by atoms with van der Waals surface area (Å²) in [5, 5.41) is 11.0. The van der Waals surface area contributed by atoms with Gasteiger partial charge in [-0.3, -0.25) is 4.79 Å². The maximum Gasteiger partial charge on any atom is 0.271 e. The predicted octanol–water partition coefficient (Wildman–Crippen LogP) is 2.27. The Labute approximate surface area is 142 Å². The molecule has 0 fully saturated rings. The number of benzene rings is 1. The minimum absolute atomic E-state index is 0.245. The number of methoxy groups -OCH3 is 1. The van der Waals surface area contributed by atoms with Crippen molar-refractivity contribution in [3.63, 3.8) is 0 Å². The number of nitrogens with zero attached hydrogens (tertiary/aromatic N) is 3. The van der Waals surface area contributed by atoms with Crippen LogP contribution in [0.1, 0.15) is 29.9 Å². The molecule has 0 radical (unpaired) electrons. The molecule has 0 unspecified atom stereocenters. The highest BCUT2D eigenvalue weighted by molar-refractivity contribution is 5.92. The molecule has 1 N–H and O–H groups in total. The van der Waals surface area contributed by atoms with Crippen molar-refractivity contribution in [2.24, 2.45) is 0 Å². The fraction of sp³-hybridized carbons (Fsp3) is 0.389. The van der Waals surface area contributed by atoms with Crippen LogP contribution in [0.15, 0.2) is 42.5 Å². The molecule has 2 aromatic rings. The largest absolute Gasteiger partial charge is 0.383 e. The SMILES string of the molecule is COCCNC(=O)c1ccc(N(Cc2ccccc2)C(C)C)nn1. The Bertz CT molecular complexity index is 629. The van der Waals surface area contributed by atoms with Gasteiger partial charge in [0.1, 0.15) is 0 Å². The first-order valence-electron chi connectivity index (χ1n) is 8.03. The number of carbonyl (C=O) groups excluding carboxylic acids is 1. The summed E-state index contributed by atoms with van der Waals surface area (Å²) < 4.78 is 4.90. The summed E-state index contributed by atoms with van der Waals surface area (Å²) >= 11 is 0. The summed E-state index contributed by atoms with van der Waals surface area (Å²) in [7, 11) is 1.59. The number of hydrogen-bond acceptors (Lipinski definition) is 5. The number of carbonyl (C=O) groups is 1. The van der Waals surface area contributed by atoms with E-state index in [4.69, 9.17) is 4.74 Å². The van der Waals surface area contributed by atoms with E-state index >= 15 is 0 Å². The molecule has 1 aromatic heterocycles. The van der Waals surface area contributed by atoms with E-state index in [0.29, 0.717) is 18.8 Å². The number of hydrogen-bond donors (Lipinski definition) is 1. The number of nitrogens with one attached hydrogen (secondary N) is 1. The van der Waals surface area contributed by atoms with Gasteiger partial charge in [0.05, 0.1) is 6.61 Å². The molecule has 0 bridgehead atoms. The molecule has 24 heavy (non-hydrogen) atoms. The first-order valence-corrected chi connectivity index (χ1v) is 8.03. The smallest absolute Gasteiger partial charge is 0.271 e. The zero-order valence-electron chi connectivity index (χ0n) is 14.4. The van der Waals surface area contributed by atoms with Crippen molar-refractivity contribution < 1.29 is 9.53 Å². The van der Waals surface area contributed by atoms with Gasteiger partial charge in [-0.05, 0) is 31.5 Å². The van der Waals surface area contributed by atoms with Crippen LogP contribution in [0.2, 0.25) is 0 Å². The quantitative estimate of drug-likeness (QED) is 0.753. The molecular weight excluding hydrogens is 304 g/mol. The maximum absolute atomic E-state index is 11.9. The Morgan fingerprint density at radius 1 is 1.17 bits per heavy atom. The van der Waals surface area contributed by atoms with Gasteiger partial charge in [-0.1, -0.05) is 30.3 Å². The van der Waals surface area contributed by atoms with Gasteiger partial charge < -0.3 is 15.0 Å². The summed E-state index contributed by atoms with van der Waals surface area (Å²) in [6.45, 7) is 5.87. The fourth-order valence-electron chi connectivity index (χ4n) is 2.26. The standard InChI is InChI=1S/C18H24N4O2/c1-14(2)22(13-15-7-5-4-6-8-15)17-10-9-16(20-21-17)18(23)19-11-12-24-3/h4-10,14H,11-13H2,1-3H3,(H,19,23). The van der Waals surface area contributed by atoms with Crippen LogP contribution in [0.3, 0.4) is 0 Å². The minimum Gasteiger partial charge on any atom is -0.383 e. The molecule has 0 saturated heterocycles. The highest BCUT2D eigenvalue weighted by Gasteiger charge is 2.14. The number of rotatable bonds is 8. The molecular formula is C18H24N4O2. The van der Waals surface area contributed by atoms with E-state index in [1.807, 2.05) is 24.3 Å². The van der Waals surface area contributed by atoms with Gasteiger partial charge in [-0.25, -0.2) is 0 Å². The molecule has 2 rings (SSSR count). The van der Waals surface area contributed by atoms with Crippen LogP contribution in [0.4, 0.5) is 5.82 Å². The lowest BCUT2D eigenvalue weighted by atomic mass is 10.2. The Morgan fingerprint density at radius 2 is 1.92 bits per heavy atom. The zero-order chi connectivity index (χ0) is 17.4. The van der Waals surface area contributed by atoms with Gasteiger partial charge in [-0.15, -0.1) is 10.2 Å². The zero-order valence-corrected chi connectivity index (χ0v) is 14.4. The Kier molecular flexibility index (Phi) is 6.69. The molecule has 0 aliphatic rings. The molecule has 0 aliphatic carbocycles. The van der Waals surface area contributed by atoms with Gasteiger partial charge in [0, 0.05) is 26.2 Å². The van der Waals surface area contributed by atoms with Crippen LogP contribution < -0.4 is 10.2 Å². The van der Waals surface area contributed by atoms with E-state index in [-0.39, 0.29) is 11.9 Å². The third-order valence-corrected chi connectivity index (χ3v) is 3.59. The van der Waals surface area contributed by atoms with E-state index < -0.39 is 0 Å². The third-order valence-electron chi connectivity index (χ3n) is 3.59. The average Bonchev–Trinajstić information content (AvgIpc) is 2.60. The van der Waals surface area contributed by atoms with Crippen molar-refractivity contribution in [3.8, 4) is 0 Å². The first kappa shape index (κ1) is 17.9. The summed E-state index contributed by atoms with van der Waals surface area (Å²) in [4.78, 5) is 14.1. The summed E-state index contributed by atoms with van der Waals surface area (Å²) in [5.74, 6) is 0.507. The predicted molar refractivity (Wildman–Crippen MR) is 94.0 cm³/mol. The average molecular weight is 328 g/mol. The summed E-state index contributed by atoms with van der Waals surface area (Å²) in [6.07, 6.45) is 0. The van der Waals surface area contributed by atoms with Gasteiger partial charge in [0.15, 0.2) is 11.5 Å². The molecule has 1 heterocycles. The molecule has 0 atom stereocenters. The first-order chi connectivity index (χ1) is 11.6. The van der Waals surface area contributed by atoms with E-state index in [9.17, 15) is 4.79 Å². The lowest BCUT2D eigenvalue weighted by Crippen LogP contribution is -2.32. The van der Waals surface area contributed by atoms with Crippen LogP contribution in [0.25, 0.3) is 0 Å². The summed E-state index contributed by atoms with van der Waals surface area (Å²) in [6, 6.07) is 14.0. The number of amides is 1. The van der Waals surface area contributed by atoms with Crippen LogP contribution in [0.5, 0.6) is 0 Å². The van der Waals surface area contributed by atoms with E-state index in [2.05, 4.69) is 46.4 Å². The molecule has 0 saturated carbocycles. The number of anilines is 1. The van der Waals surface area contributed by atoms with Crippen LogP contribution >= 0.6 is 0 Å². The van der Waals surface area contributed by atoms with Gasteiger partial charge in [-0.2, -0.15) is 0 Å². The molecule has 6 nitrogen and oxygen atoms in total. The molecule has 6 heteroatoms. The summed E-state index contributed by atoms with van der Waals surface area (Å²) in [5.41, 5.74) is 1.51. The number of ether oxygens (including phenoxy) is 1. The normalized spacial score (nSPS) is 10.7. The third kappa shape index (κ3) is 5.03. The van der Waals surface area contributed by atoms with Gasteiger partial charge in [0.2, 0.25) is 0 Å². The number of aromatic nitrogens is 2. The topological polar surface area (TPSA) is 67.3 Å². The van der Waals surface area contributed by atoms with Crippen molar-refractivity contribution in [2.75, 3.05) is 25.2 Å². The molecule has 1 amide bonds. The van der Waals surface area contributed by atoms with Crippen molar-refractivity contribution in [1.82, 2.24) is 15.5 Å². The Morgan fingerprint density at radius 3 is 2.50 bits per heavy atom. The van der Waals surface area contributed by atoms with E-state index in [0.717, 1.165) is 12.4 Å². The molecule has 1 aromatic carbocycles. The highest BCUT2D eigenvalue weighted by Crippen LogP contribution is 2.17. The van der Waals surface area contributed by atoms with Crippen LogP contribution in [-0.2, 0) is 11.3 Å². The van der Waals surface area contributed by atoms with Gasteiger partial charge in [0.25, 0.3) is 5.91 Å². The van der Waals surface area contributed by atoms with Crippen LogP contribution in [0, 0.1) is 0 Å². The Balaban J connectivity index is 2.07. The van der Waals surface area contributed by atoms with Crippen LogP contribution in [-0.4, -0.2) is 42.4 Å². The molecule has 0 spiro atoms. The second kappa shape index (κ2) is 8.98. The van der Waals surface area contributed by atoms with Crippen molar-refractivity contribution in [1.29, 1.82) is 0 Å². The van der Waals surface area contributed by atoms with Crippen molar-refractivity contribution in [2.45, 2.75) is 26.4 Å². The van der Waals surface area contributed by atoms with Crippen molar-refractivity contribution >= 4 is 11.7 Å². The Hall–Kier alpha value is -2.47. The van der Waals surface area contributed by atoms with Gasteiger partial charge >= 0.3 is 0 Å². The highest BCUT2D eigenvalue weighted by atomic mass is 16.5. The van der Waals surface area contributed by atoms with Crippen molar-refractivity contribution in [3.05, 3.63) is 53.7 Å². The monoisotopic (exact) mass is 328 g/mol. The fourth-order valence-corrected chi connectivity index (χ4v) is 2.26. The lowest BCUT2D eigenvalue weighted by molar-refractivity contribution is 0.0931.